The van der Waals surface area contributed by atoms with Crippen LogP contribution in [0.2, 0.25) is 0 Å². The Morgan fingerprint density at radius 2 is 1.89 bits per heavy atom. The maximum atomic E-state index is 14.5. The van der Waals surface area contributed by atoms with Crippen molar-refractivity contribution in [2.75, 3.05) is 6.54 Å². The Hall–Kier alpha value is -2.92. The molecule has 4 N–H and O–H groups in total. The van der Waals surface area contributed by atoms with Crippen molar-refractivity contribution in [3.63, 3.8) is 0 Å². The molecule has 0 spiro atoms. The summed E-state index contributed by atoms with van der Waals surface area (Å²) in [6, 6.07) is 6.63. The third kappa shape index (κ3) is 6.44. The zero-order chi connectivity index (χ0) is 26.9. The minimum absolute atomic E-state index is 0.00521. The van der Waals surface area contributed by atoms with Crippen molar-refractivity contribution in [2.45, 2.75) is 85.6 Å². The molecular weight excluding hydrogens is 447 g/mol. The van der Waals surface area contributed by atoms with E-state index < -0.39 is 5.83 Å². The smallest absolute Gasteiger partial charge is 0.137 e. The molecule has 4 nitrogen and oxygen atoms in total. The summed E-state index contributed by atoms with van der Waals surface area (Å²) in [5.41, 5.74) is 12.7. The van der Waals surface area contributed by atoms with Gasteiger partial charge in [-0.3, -0.25) is 4.99 Å². The SMILES string of the molecule is C=C(C)C(CCC)(CCC)c1ccc(C2C=C(N=CC)C(C)=C(NC(/C=C\C)=C(\F)CN)N2)cc1C. The molecule has 1 aromatic rings. The van der Waals surface area contributed by atoms with E-state index >= 15 is 0 Å². The molecule has 0 saturated carbocycles. The fraction of sp³-hybridized carbons (Fsp3) is 0.452. The summed E-state index contributed by atoms with van der Waals surface area (Å²) < 4.78 is 14.5. The number of aliphatic imine (C=N–C) groups is 1. The van der Waals surface area contributed by atoms with E-state index in [0.29, 0.717) is 5.70 Å². The number of halogens is 1. The van der Waals surface area contributed by atoms with Gasteiger partial charge in [-0.05, 0) is 76.3 Å². The maximum Gasteiger partial charge on any atom is 0.137 e. The fourth-order valence-corrected chi connectivity index (χ4v) is 5.24. The standard InChI is InChI=1S/C31H45FN4/c1-9-13-27(26(32)20-33)35-30-23(8)28(34-12-4)19-29(36-30)24-14-15-25(22(7)18-24)31(16-10-2,17-11-3)21(5)6/h9,12-15,18-19,29,35-36H,5,10-11,16-17,20,33H2,1-4,6-8H3/b13-9-,27-26-,34-12?. The molecule has 1 aliphatic rings. The lowest BCUT2D eigenvalue weighted by Gasteiger charge is -2.37. The summed E-state index contributed by atoms with van der Waals surface area (Å²) in [7, 11) is 0. The zero-order valence-corrected chi connectivity index (χ0v) is 23.3. The van der Waals surface area contributed by atoms with E-state index in [2.05, 4.69) is 74.2 Å². The van der Waals surface area contributed by atoms with Crippen LogP contribution in [0.5, 0.6) is 0 Å². The number of nitrogens with two attached hydrogens (primary N) is 1. The first kappa shape index (κ1) is 29.3. The van der Waals surface area contributed by atoms with Gasteiger partial charge in [-0.25, -0.2) is 4.39 Å². The van der Waals surface area contributed by atoms with E-state index in [9.17, 15) is 4.39 Å². The van der Waals surface area contributed by atoms with Crippen LogP contribution in [0.15, 0.2) is 82.2 Å². The molecular formula is C31H45FN4. The van der Waals surface area contributed by atoms with Crippen LogP contribution in [-0.2, 0) is 5.41 Å². The van der Waals surface area contributed by atoms with Crippen LogP contribution in [-0.4, -0.2) is 12.8 Å². The van der Waals surface area contributed by atoms with Gasteiger partial charge in [-0.2, -0.15) is 0 Å². The normalized spacial score (nSPS) is 17.4. The van der Waals surface area contributed by atoms with E-state index in [1.54, 1.807) is 18.4 Å². The third-order valence-corrected chi connectivity index (χ3v) is 7.01. The van der Waals surface area contributed by atoms with Crippen molar-refractivity contribution >= 4 is 6.21 Å². The second-order valence-corrected chi connectivity index (χ2v) is 9.65. The predicted octanol–water partition coefficient (Wildman–Crippen LogP) is 7.57. The van der Waals surface area contributed by atoms with Gasteiger partial charge in [0.05, 0.1) is 17.4 Å². The minimum atomic E-state index is -0.398. The number of nitrogens with one attached hydrogen (secondary N) is 2. The van der Waals surface area contributed by atoms with Gasteiger partial charge in [0, 0.05) is 23.7 Å². The number of allylic oxidation sites excluding steroid dienone is 4. The van der Waals surface area contributed by atoms with Crippen molar-refractivity contribution in [3.05, 3.63) is 93.9 Å². The molecule has 0 aromatic heterocycles. The van der Waals surface area contributed by atoms with Gasteiger partial charge >= 0.3 is 0 Å². The zero-order valence-electron chi connectivity index (χ0n) is 23.3. The first-order chi connectivity index (χ1) is 17.2. The summed E-state index contributed by atoms with van der Waals surface area (Å²) in [5, 5.41) is 6.78. The minimum Gasteiger partial charge on any atom is -0.361 e. The van der Waals surface area contributed by atoms with Gasteiger partial charge in [0.25, 0.3) is 0 Å². The predicted molar refractivity (Wildman–Crippen MR) is 153 cm³/mol. The van der Waals surface area contributed by atoms with Crippen molar-refractivity contribution in [2.24, 2.45) is 10.7 Å². The lowest BCUT2D eigenvalue weighted by atomic mass is 9.67. The molecule has 0 aliphatic carbocycles. The van der Waals surface area contributed by atoms with Crippen LogP contribution in [0.4, 0.5) is 4.39 Å². The molecule has 0 saturated heterocycles. The Balaban J connectivity index is 2.54. The van der Waals surface area contributed by atoms with E-state index in [4.69, 9.17) is 5.73 Å². The van der Waals surface area contributed by atoms with Crippen LogP contribution in [0.25, 0.3) is 0 Å². The molecule has 1 unspecified atom stereocenters. The summed E-state index contributed by atoms with van der Waals surface area (Å²) in [6.07, 6.45) is 11.8. The van der Waals surface area contributed by atoms with Crippen LogP contribution >= 0.6 is 0 Å². The molecule has 5 heteroatoms. The Kier molecular flexibility index (Phi) is 10.9. The molecule has 36 heavy (non-hydrogen) atoms. The van der Waals surface area contributed by atoms with Gasteiger partial charge in [0.1, 0.15) is 11.6 Å². The Morgan fingerprint density at radius 3 is 2.39 bits per heavy atom. The number of aryl methyl sites for hydroxylation is 1. The first-order valence-electron chi connectivity index (χ1n) is 13.1. The molecule has 0 amide bonds. The van der Waals surface area contributed by atoms with Gasteiger partial charge in [-0.15, -0.1) is 0 Å². The lowest BCUT2D eigenvalue weighted by Crippen LogP contribution is -2.33. The van der Waals surface area contributed by atoms with E-state index in [0.717, 1.165) is 48.3 Å². The first-order valence-corrected chi connectivity index (χ1v) is 13.1. The van der Waals surface area contributed by atoms with Crippen molar-refractivity contribution in [1.82, 2.24) is 10.6 Å². The summed E-state index contributed by atoms with van der Waals surface area (Å²) >= 11 is 0. The van der Waals surface area contributed by atoms with Gasteiger partial charge < -0.3 is 16.4 Å². The van der Waals surface area contributed by atoms with E-state index in [-0.39, 0.29) is 18.0 Å². The molecule has 0 radical (unpaired) electrons. The number of nitrogens with zero attached hydrogens (tertiary/aromatic N) is 1. The number of dihydropyridines is 1. The van der Waals surface area contributed by atoms with Crippen LogP contribution < -0.4 is 16.4 Å². The highest BCUT2D eigenvalue weighted by molar-refractivity contribution is 5.58. The molecule has 1 aromatic carbocycles. The second kappa shape index (κ2) is 13.4. The van der Waals surface area contributed by atoms with Crippen molar-refractivity contribution in [1.29, 1.82) is 0 Å². The quantitative estimate of drug-likeness (QED) is 0.160. The van der Waals surface area contributed by atoms with Crippen molar-refractivity contribution in [3.8, 4) is 0 Å². The van der Waals surface area contributed by atoms with Gasteiger partial charge in [0.15, 0.2) is 0 Å². The average molecular weight is 493 g/mol. The van der Waals surface area contributed by atoms with Gasteiger partial charge in [-0.1, -0.05) is 63.1 Å². The molecule has 1 heterocycles. The van der Waals surface area contributed by atoms with E-state index in [1.165, 1.54) is 16.7 Å². The maximum absolute atomic E-state index is 14.5. The highest BCUT2D eigenvalue weighted by Gasteiger charge is 2.33. The molecule has 0 fully saturated rings. The average Bonchev–Trinajstić information content (AvgIpc) is 2.85. The number of rotatable bonds is 12. The summed E-state index contributed by atoms with van der Waals surface area (Å²) in [6.45, 7) is 18.8. The Morgan fingerprint density at radius 1 is 1.22 bits per heavy atom. The molecule has 0 bridgehead atoms. The van der Waals surface area contributed by atoms with Gasteiger partial charge in [0.2, 0.25) is 0 Å². The van der Waals surface area contributed by atoms with Crippen LogP contribution in [0.3, 0.4) is 0 Å². The Labute approximate surface area is 218 Å². The topological polar surface area (TPSA) is 62.4 Å². The number of benzene rings is 1. The molecule has 196 valence electrons. The highest BCUT2D eigenvalue weighted by atomic mass is 19.1. The van der Waals surface area contributed by atoms with E-state index in [1.807, 2.05) is 20.8 Å². The highest BCUT2D eigenvalue weighted by Crippen LogP contribution is 2.42. The largest absolute Gasteiger partial charge is 0.361 e. The molecule has 1 atom stereocenters. The second-order valence-electron chi connectivity index (χ2n) is 9.65. The third-order valence-electron chi connectivity index (χ3n) is 7.01. The van der Waals surface area contributed by atoms with Crippen LogP contribution in [0, 0.1) is 6.92 Å². The Bertz CT molecular complexity index is 1080. The molecule has 2 rings (SSSR count). The van der Waals surface area contributed by atoms with Crippen LogP contribution in [0.1, 0.15) is 90.0 Å². The fourth-order valence-electron chi connectivity index (χ4n) is 5.24. The summed E-state index contributed by atoms with van der Waals surface area (Å²) in [5.74, 6) is 0.319. The lowest BCUT2D eigenvalue weighted by molar-refractivity contribution is 0.416. The monoisotopic (exact) mass is 492 g/mol. The van der Waals surface area contributed by atoms with Crippen molar-refractivity contribution < 1.29 is 4.39 Å². The number of hydrogen-bond acceptors (Lipinski definition) is 4. The number of hydrogen-bond donors (Lipinski definition) is 3. The molecule has 1 aliphatic heterocycles. The summed E-state index contributed by atoms with van der Waals surface area (Å²) in [4.78, 5) is 4.59.